The van der Waals surface area contributed by atoms with Crippen molar-refractivity contribution in [3.8, 4) is 6.07 Å². The molecule has 5 nitrogen and oxygen atoms in total. The SMILES string of the molecule is CC(C)(C)C1(CC(=O)O)CC(CC#N)OC2(CCCCC2)O1. The molecular weight excluding hydrogens is 282 g/mol. The monoisotopic (exact) mass is 309 g/mol. The van der Waals surface area contributed by atoms with Gasteiger partial charge in [-0.25, -0.2) is 0 Å². The molecule has 1 spiro atoms. The molecule has 1 aliphatic heterocycles. The second-order valence-corrected chi connectivity index (χ2v) is 7.69. The van der Waals surface area contributed by atoms with Crippen LogP contribution in [0.4, 0.5) is 0 Å². The zero-order valence-corrected chi connectivity index (χ0v) is 13.9. The molecule has 124 valence electrons. The van der Waals surface area contributed by atoms with Gasteiger partial charge in [0, 0.05) is 19.3 Å². The summed E-state index contributed by atoms with van der Waals surface area (Å²) in [6.45, 7) is 6.05. The molecule has 1 heterocycles. The largest absolute Gasteiger partial charge is 0.481 e. The van der Waals surface area contributed by atoms with Gasteiger partial charge in [-0.3, -0.25) is 4.79 Å². The van der Waals surface area contributed by atoms with Gasteiger partial charge in [-0.05, 0) is 18.3 Å². The Morgan fingerprint density at radius 2 is 1.95 bits per heavy atom. The van der Waals surface area contributed by atoms with E-state index in [0.717, 1.165) is 32.1 Å². The fourth-order valence-corrected chi connectivity index (χ4v) is 3.74. The lowest BCUT2D eigenvalue weighted by atomic mass is 9.69. The van der Waals surface area contributed by atoms with Crippen molar-refractivity contribution in [2.24, 2.45) is 5.41 Å². The number of carboxylic acids is 1. The third-order valence-electron chi connectivity index (χ3n) is 5.06. The zero-order chi connectivity index (χ0) is 16.4. The average Bonchev–Trinajstić information content (AvgIpc) is 2.37. The number of nitriles is 1. The highest BCUT2D eigenvalue weighted by Gasteiger charge is 2.56. The van der Waals surface area contributed by atoms with Crippen molar-refractivity contribution in [1.82, 2.24) is 0 Å². The predicted molar refractivity (Wildman–Crippen MR) is 81.1 cm³/mol. The topological polar surface area (TPSA) is 79.5 Å². The van der Waals surface area contributed by atoms with Gasteiger partial charge in [-0.15, -0.1) is 0 Å². The second kappa shape index (κ2) is 6.17. The number of ether oxygens (including phenoxy) is 2. The van der Waals surface area contributed by atoms with Crippen LogP contribution < -0.4 is 0 Å². The Labute approximate surface area is 132 Å². The lowest BCUT2D eigenvalue weighted by molar-refractivity contribution is -0.376. The lowest BCUT2D eigenvalue weighted by Gasteiger charge is -2.56. The molecule has 2 unspecified atom stereocenters. The molecule has 0 amide bonds. The van der Waals surface area contributed by atoms with Crippen LogP contribution in [0.2, 0.25) is 0 Å². The number of carboxylic acid groups (broad SMARTS) is 1. The second-order valence-electron chi connectivity index (χ2n) is 7.69. The number of carbonyl (C=O) groups is 1. The number of rotatable bonds is 3. The molecule has 0 bridgehead atoms. The van der Waals surface area contributed by atoms with Gasteiger partial charge >= 0.3 is 5.97 Å². The van der Waals surface area contributed by atoms with Gasteiger partial charge in [0.15, 0.2) is 5.79 Å². The van der Waals surface area contributed by atoms with Crippen LogP contribution in [0.25, 0.3) is 0 Å². The van der Waals surface area contributed by atoms with Gasteiger partial charge in [-0.1, -0.05) is 27.2 Å². The first-order valence-electron chi connectivity index (χ1n) is 8.19. The van der Waals surface area contributed by atoms with Crippen LogP contribution in [0.1, 0.15) is 72.1 Å². The molecule has 22 heavy (non-hydrogen) atoms. The third-order valence-corrected chi connectivity index (χ3v) is 5.06. The van der Waals surface area contributed by atoms with Crippen LogP contribution >= 0.6 is 0 Å². The summed E-state index contributed by atoms with van der Waals surface area (Å²) in [4.78, 5) is 11.5. The Morgan fingerprint density at radius 3 is 2.45 bits per heavy atom. The van der Waals surface area contributed by atoms with Gasteiger partial charge in [-0.2, -0.15) is 5.26 Å². The normalized spacial score (nSPS) is 31.6. The number of aliphatic carboxylic acids is 1. The average molecular weight is 309 g/mol. The van der Waals surface area contributed by atoms with E-state index >= 15 is 0 Å². The maximum atomic E-state index is 11.5. The van der Waals surface area contributed by atoms with Crippen LogP contribution in [0, 0.1) is 16.7 Å². The molecular formula is C17H27NO4. The zero-order valence-electron chi connectivity index (χ0n) is 13.9. The first kappa shape index (κ1) is 17.2. The minimum atomic E-state index is -0.863. The Balaban J connectivity index is 2.37. The van der Waals surface area contributed by atoms with E-state index < -0.39 is 17.4 Å². The van der Waals surface area contributed by atoms with Crippen molar-refractivity contribution in [2.45, 2.75) is 89.6 Å². The molecule has 1 aliphatic carbocycles. The number of nitrogens with zero attached hydrogens (tertiary/aromatic N) is 1. The van der Waals surface area contributed by atoms with E-state index in [2.05, 4.69) is 6.07 Å². The van der Waals surface area contributed by atoms with E-state index in [1.54, 1.807) is 0 Å². The maximum absolute atomic E-state index is 11.5. The summed E-state index contributed by atoms with van der Waals surface area (Å²) in [5, 5.41) is 18.5. The van der Waals surface area contributed by atoms with Crippen LogP contribution in [-0.2, 0) is 14.3 Å². The fourth-order valence-electron chi connectivity index (χ4n) is 3.74. The molecule has 5 heteroatoms. The van der Waals surface area contributed by atoms with E-state index in [9.17, 15) is 9.90 Å². The molecule has 2 rings (SSSR count). The standard InChI is InChI=1S/C17H27NO4/c1-15(2,3)16(12-14(19)20)11-13(7-10-18)21-17(22-16)8-5-4-6-9-17/h13H,4-9,11-12H2,1-3H3,(H,19,20). The van der Waals surface area contributed by atoms with E-state index in [-0.39, 0.29) is 24.4 Å². The van der Waals surface area contributed by atoms with E-state index in [1.165, 1.54) is 0 Å². The summed E-state index contributed by atoms with van der Waals surface area (Å²) >= 11 is 0. The molecule has 0 radical (unpaired) electrons. The molecule has 1 N–H and O–H groups in total. The van der Waals surface area contributed by atoms with Crippen LogP contribution in [-0.4, -0.2) is 28.6 Å². The van der Waals surface area contributed by atoms with Gasteiger partial charge in [0.25, 0.3) is 0 Å². The molecule has 0 aromatic rings. The van der Waals surface area contributed by atoms with Crippen LogP contribution in [0.3, 0.4) is 0 Å². The Bertz CT molecular complexity index is 456. The maximum Gasteiger partial charge on any atom is 0.306 e. The van der Waals surface area contributed by atoms with Crippen molar-refractivity contribution in [3.63, 3.8) is 0 Å². The fraction of sp³-hybridized carbons (Fsp3) is 0.882. The highest BCUT2D eigenvalue weighted by Crippen LogP contribution is 2.51. The van der Waals surface area contributed by atoms with Crippen molar-refractivity contribution >= 4 is 5.97 Å². The molecule has 1 saturated carbocycles. The van der Waals surface area contributed by atoms with Gasteiger partial charge in [0.05, 0.1) is 30.6 Å². The third kappa shape index (κ3) is 3.44. The Kier molecular flexibility index (Phi) is 4.84. The highest BCUT2D eigenvalue weighted by molar-refractivity contribution is 5.68. The quantitative estimate of drug-likeness (QED) is 0.861. The minimum Gasteiger partial charge on any atom is -0.481 e. The molecule has 0 aromatic carbocycles. The van der Waals surface area contributed by atoms with Crippen molar-refractivity contribution in [2.75, 3.05) is 0 Å². The van der Waals surface area contributed by atoms with Crippen LogP contribution in [0.5, 0.6) is 0 Å². The lowest BCUT2D eigenvalue weighted by Crippen LogP contribution is -2.61. The summed E-state index contributed by atoms with van der Waals surface area (Å²) < 4.78 is 12.6. The molecule has 2 aliphatic rings. The summed E-state index contributed by atoms with van der Waals surface area (Å²) in [5.74, 6) is -1.57. The van der Waals surface area contributed by atoms with E-state index in [1.807, 2.05) is 20.8 Å². The summed E-state index contributed by atoms with van der Waals surface area (Å²) in [5.41, 5.74) is -1.14. The number of hydrogen-bond acceptors (Lipinski definition) is 4. The van der Waals surface area contributed by atoms with Crippen LogP contribution in [0.15, 0.2) is 0 Å². The molecule has 1 saturated heterocycles. The predicted octanol–water partition coefficient (Wildman–Crippen LogP) is 3.63. The van der Waals surface area contributed by atoms with Gasteiger partial charge < -0.3 is 14.6 Å². The summed E-state index contributed by atoms with van der Waals surface area (Å²) in [7, 11) is 0. The van der Waals surface area contributed by atoms with Crippen molar-refractivity contribution in [3.05, 3.63) is 0 Å². The van der Waals surface area contributed by atoms with Gasteiger partial charge in [0.1, 0.15) is 0 Å². The first-order valence-corrected chi connectivity index (χ1v) is 8.19. The smallest absolute Gasteiger partial charge is 0.306 e. The summed E-state index contributed by atoms with van der Waals surface area (Å²) in [6.07, 6.45) is 5.19. The van der Waals surface area contributed by atoms with Crippen molar-refractivity contribution in [1.29, 1.82) is 5.26 Å². The van der Waals surface area contributed by atoms with E-state index in [4.69, 9.17) is 14.7 Å². The highest BCUT2D eigenvalue weighted by atomic mass is 16.7. The van der Waals surface area contributed by atoms with Crippen molar-refractivity contribution < 1.29 is 19.4 Å². The Morgan fingerprint density at radius 1 is 1.32 bits per heavy atom. The summed E-state index contributed by atoms with van der Waals surface area (Å²) in [6, 6.07) is 2.17. The molecule has 0 aromatic heterocycles. The Hall–Kier alpha value is -1.12. The van der Waals surface area contributed by atoms with E-state index in [0.29, 0.717) is 6.42 Å². The molecule has 2 fully saturated rings. The number of hydrogen-bond donors (Lipinski definition) is 1. The first-order chi connectivity index (χ1) is 10.2. The minimum absolute atomic E-state index is 0.0520. The van der Waals surface area contributed by atoms with Gasteiger partial charge in [0.2, 0.25) is 0 Å². The molecule has 2 atom stereocenters.